The molecule has 0 aromatic heterocycles. The Balaban J connectivity index is 3.11. The first-order valence-electron chi connectivity index (χ1n) is 7.58. The molecule has 0 amide bonds. The number of hydrogen-bond donors (Lipinski definition) is 0. The number of carbonyl (C=O) groups is 1. The molecule has 0 bridgehead atoms. The zero-order valence-corrected chi connectivity index (χ0v) is 15.4. The Hall–Kier alpha value is -0.960. The fourth-order valence-electron chi connectivity index (χ4n) is 1.95. The van der Waals surface area contributed by atoms with Crippen molar-refractivity contribution in [1.29, 1.82) is 0 Å². The van der Waals surface area contributed by atoms with Gasteiger partial charge in [-0.1, -0.05) is 45.0 Å². The predicted octanol–water partition coefficient (Wildman–Crippen LogP) is 5.17. The van der Waals surface area contributed by atoms with E-state index in [1.807, 2.05) is 12.1 Å². The van der Waals surface area contributed by atoms with Gasteiger partial charge in [-0.05, 0) is 38.7 Å². The highest BCUT2D eigenvalue weighted by Crippen LogP contribution is 2.53. The molecule has 124 valence electrons. The highest BCUT2D eigenvalue weighted by atomic mass is 31.2. The van der Waals surface area contributed by atoms with Gasteiger partial charge in [0.05, 0.1) is 12.2 Å². The van der Waals surface area contributed by atoms with E-state index in [4.69, 9.17) is 9.05 Å². The summed E-state index contributed by atoms with van der Waals surface area (Å²) in [7, 11) is -3.84. The molecule has 0 aliphatic rings. The Morgan fingerprint density at radius 1 is 0.955 bits per heavy atom. The molecule has 4 nitrogen and oxygen atoms in total. The third kappa shape index (κ3) is 5.05. The van der Waals surface area contributed by atoms with Crippen LogP contribution in [-0.2, 0) is 19.0 Å². The van der Waals surface area contributed by atoms with Crippen LogP contribution in [0.5, 0.6) is 0 Å². The minimum Gasteiger partial charge on any atom is -0.300 e. The summed E-state index contributed by atoms with van der Waals surface area (Å²) in [6.45, 7) is 13.2. The van der Waals surface area contributed by atoms with Crippen molar-refractivity contribution in [3.05, 3.63) is 35.4 Å². The molecule has 0 radical (unpaired) electrons. The van der Waals surface area contributed by atoms with E-state index >= 15 is 0 Å². The zero-order chi connectivity index (χ0) is 17.1. The van der Waals surface area contributed by atoms with Crippen molar-refractivity contribution < 1.29 is 18.4 Å². The molecule has 0 unspecified atom stereocenters. The number of benzene rings is 1. The lowest BCUT2D eigenvalue weighted by molar-refractivity contribution is 0.0924. The van der Waals surface area contributed by atoms with E-state index in [9.17, 15) is 9.36 Å². The van der Waals surface area contributed by atoms with Crippen molar-refractivity contribution in [2.45, 2.75) is 66.1 Å². The summed E-state index contributed by atoms with van der Waals surface area (Å²) in [5.74, 6) is 0. The predicted molar refractivity (Wildman–Crippen MR) is 89.5 cm³/mol. The highest BCUT2D eigenvalue weighted by Gasteiger charge is 2.38. The van der Waals surface area contributed by atoms with E-state index in [1.54, 1.807) is 39.8 Å². The summed E-state index contributed by atoms with van der Waals surface area (Å²) in [5.41, 5.74) is 0.857. The third-order valence-corrected chi connectivity index (χ3v) is 5.10. The average Bonchev–Trinajstić information content (AvgIpc) is 2.35. The average molecular weight is 326 g/mol. The molecular weight excluding hydrogens is 299 g/mol. The van der Waals surface area contributed by atoms with Crippen LogP contribution in [0.15, 0.2) is 24.3 Å². The van der Waals surface area contributed by atoms with Gasteiger partial charge in [0, 0.05) is 5.56 Å². The smallest absolute Gasteiger partial charge is 0.300 e. The van der Waals surface area contributed by atoms with Crippen molar-refractivity contribution in [2.24, 2.45) is 0 Å². The number of carbonyl (C=O) groups excluding carboxylic acids is 1. The van der Waals surface area contributed by atoms with Crippen LogP contribution >= 0.6 is 7.60 Å². The maximum Gasteiger partial charge on any atom is 0.402 e. The van der Waals surface area contributed by atoms with Gasteiger partial charge in [0.25, 0.3) is 5.52 Å². The molecule has 1 rings (SSSR count). The minimum absolute atomic E-state index is 0.00581. The summed E-state index contributed by atoms with van der Waals surface area (Å²) in [5, 5.41) is 0. The van der Waals surface area contributed by atoms with Gasteiger partial charge < -0.3 is 9.05 Å². The highest BCUT2D eigenvalue weighted by molar-refractivity contribution is 7.72. The topological polar surface area (TPSA) is 52.6 Å². The molecule has 0 aliphatic heterocycles. The zero-order valence-electron chi connectivity index (χ0n) is 14.5. The summed E-state index contributed by atoms with van der Waals surface area (Å²) in [4.78, 5) is 12.6. The second-order valence-corrected chi connectivity index (χ2v) is 8.76. The molecule has 0 aliphatic carbocycles. The Kier molecular flexibility index (Phi) is 6.14. The van der Waals surface area contributed by atoms with E-state index in [0.29, 0.717) is 5.56 Å². The Labute approximate surface area is 133 Å². The van der Waals surface area contributed by atoms with Gasteiger partial charge in [0.1, 0.15) is 0 Å². The maximum absolute atomic E-state index is 12.8. The summed E-state index contributed by atoms with van der Waals surface area (Å²) >= 11 is 0. The van der Waals surface area contributed by atoms with E-state index in [-0.39, 0.29) is 17.6 Å². The largest absolute Gasteiger partial charge is 0.402 e. The molecule has 1 aromatic rings. The minimum atomic E-state index is -3.84. The van der Waals surface area contributed by atoms with Crippen LogP contribution in [0.3, 0.4) is 0 Å². The second kappa shape index (κ2) is 7.08. The van der Waals surface area contributed by atoms with Gasteiger partial charge in [0.2, 0.25) is 0 Å². The molecule has 0 fully saturated rings. The Morgan fingerprint density at radius 2 is 1.36 bits per heavy atom. The number of hydrogen-bond acceptors (Lipinski definition) is 4. The monoisotopic (exact) mass is 326 g/mol. The van der Waals surface area contributed by atoms with Crippen molar-refractivity contribution >= 4 is 13.1 Å². The maximum atomic E-state index is 12.8. The molecule has 5 heteroatoms. The van der Waals surface area contributed by atoms with Gasteiger partial charge in [0.15, 0.2) is 0 Å². The molecule has 22 heavy (non-hydrogen) atoms. The summed E-state index contributed by atoms with van der Waals surface area (Å²) in [6.07, 6.45) is -0.718. The Morgan fingerprint density at radius 3 is 1.68 bits per heavy atom. The SMILES string of the molecule is CC(C)OP(=O)(OC(C)C)C(=O)c1ccc(C(C)(C)C)cc1. The van der Waals surface area contributed by atoms with E-state index in [1.165, 1.54) is 0 Å². The van der Waals surface area contributed by atoms with E-state index in [2.05, 4.69) is 20.8 Å². The fraction of sp³-hybridized carbons (Fsp3) is 0.588. The quantitative estimate of drug-likeness (QED) is 0.677. The first-order chi connectivity index (χ1) is 9.95. The third-order valence-electron chi connectivity index (χ3n) is 2.95. The molecule has 0 heterocycles. The lowest BCUT2D eigenvalue weighted by Crippen LogP contribution is -2.15. The van der Waals surface area contributed by atoms with Gasteiger partial charge in [-0.3, -0.25) is 9.36 Å². The lowest BCUT2D eigenvalue weighted by Gasteiger charge is -2.22. The summed E-state index contributed by atoms with van der Waals surface area (Å²) < 4.78 is 23.5. The molecule has 0 saturated carbocycles. The van der Waals surface area contributed by atoms with Crippen LogP contribution in [0.2, 0.25) is 0 Å². The molecule has 0 atom stereocenters. The van der Waals surface area contributed by atoms with Gasteiger partial charge in [-0.15, -0.1) is 0 Å². The standard InChI is InChI=1S/C17H27O4P/c1-12(2)20-22(19,21-13(3)4)16(18)14-8-10-15(11-9-14)17(5,6)7/h8-13H,1-7H3. The summed E-state index contributed by atoms with van der Waals surface area (Å²) in [6, 6.07) is 7.12. The van der Waals surface area contributed by atoms with Gasteiger partial charge in [-0.2, -0.15) is 0 Å². The molecule has 0 saturated heterocycles. The van der Waals surface area contributed by atoms with Crippen LogP contribution in [0, 0.1) is 0 Å². The van der Waals surface area contributed by atoms with Crippen molar-refractivity contribution in [3.63, 3.8) is 0 Å². The first kappa shape index (κ1) is 19.1. The van der Waals surface area contributed by atoms with Crippen LogP contribution in [-0.4, -0.2) is 17.7 Å². The first-order valence-corrected chi connectivity index (χ1v) is 9.12. The lowest BCUT2D eigenvalue weighted by atomic mass is 9.87. The number of rotatable bonds is 6. The van der Waals surface area contributed by atoms with Crippen LogP contribution in [0.25, 0.3) is 0 Å². The van der Waals surface area contributed by atoms with Crippen molar-refractivity contribution in [3.8, 4) is 0 Å². The second-order valence-electron chi connectivity index (χ2n) is 6.94. The molecule has 0 spiro atoms. The van der Waals surface area contributed by atoms with Crippen LogP contribution in [0.1, 0.15) is 64.4 Å². The van der Waals surface area contributed by atoms with Crippen molar-refractivity contribution in [2.75, 3.05) is 0 Å². The van der Waals surface area contributed by atoms with E-state index < -0.39 is 13.1 Å². The van der Waals surface area contributed by atoms with E-state index in [0.717, 1.165) is 5.56 Å². The van der Waals surface area contributed by atoms with Gasteiger partial charge >= 0.3 is 7.60 Å². The van der Waals surface area contributed by atoms with Crippen molar-refractivity contribution in [1.82, 2.24) is 0 Å². The molecular formula is C17H27O4P. The molecule has 1 aromatic carbocycles. The molecule has 0 N–H and O–H groups in total. The van der Waals surface area contributed by atoms with Crippen LogP contribution in [0.4, 0.5) is 0 Å². The van der Waals surface area contributed by atoms with Crippen LogP contribution < -0.4 is 0 Å². The van der Waals surface area contributed by atoms with Gasteiger partial charge in [-0.25, -0.2) is 0 Å². The fourth-order valence-corrected chi connectivity index (χ4v) is 3.76. The normalized spacial score (nSPS) is 13.0. The Bertz CT molecular complexity index is 539.